The van der Waals surface area contributed by atoms with Crippen LogP contribution in [-0.4, -0.2) is 31.7 Å². The van der Waals surface area contributed by atoms with E-state index in [0.29, 0.717) is 33.2 Å². The predicted octanol–water partition coefficient (Wildman–Crippen LogP) is 5.38. The molecule has 0 aliphatic carbocycles. The van der Waals surface area contributed by atoms with Crippen molar-refractivity contribution in [1.29, 1.82) is 0 Å². The van der Waals surface area contributed by atoms with Crippen LogP contribution in [0.15, 0.2) is 51.5 Å². The number of rotatable bonds is 7. The van der Waals surface area contributed by atoms with E-state index in [-0.39, 0.29) is 11.9 Å². The minimum absolute atomic E-state index is 0.0616. The molecule has 1 aromatic carbocycles. The third-order valence-electron chi connectivity index (χ3n) is 4.32. The van der Waals surface area contributed by atoms with Gasteiger partial charge < -0.3 is 9.73 Å². The van der Waals surface area contributed by atoms with Gasteiger partial charge in [-0.05, 0) is 50.6 Å². The lowest BCUT2D eigenvalue weighted by Crippen LogP contribution is -2.30. The van der Waals surface area contributed by atoms with E-state index in [2.05, 4.69) is 20.5 Å². The number of carbonyl (C=O) groups excluding carboxylic acids is 1. The molecule has 3 heterocycles. The number of nitrogens with one attached hydrogen (secondary N) is 1. The second-order valence-corrected chi connectivity index (χ2v) is 9.41. The second-order valence-electron chi connectivity index (χ2n) is 7.09. The first-order valence-corrected chi connectivity index (χ1v) is 11.8. The number of aromatic nitrogens is 4. The zero-order valence-corrected chi connectivity index (χ0v) is 19.5. The molecule has 10 heteroatoms. The number of aryl methyl sites for hydroxylation is 1. The van der Waals surface area contributed by atoms with Gasteiger partial charge in [-0.15, -0.1) is 21.5 Å². The molecule has 0 saturated carbocycles. The van der Waals surface area contributed by atoms with Crippen molar-refractivity contribution in [2.75, 3.05) is 0 Å². The van der Waals surface area contributed by atoms with Gasteiger partial charge in [0.15, 0.2) is 10.9 Å². The molecule has 0 aliphatic heterocycles. The van der Waals surface area contributed by atoms with Crippen molar-refractivity contribution >= 4 is 40.6 Å². The summed E-state index contributed by atoms with van der Waals surface area (Å²) < 4.78 is 7.50. The molecule has 0 spiro atoms. The van der Waals surface area contributed by atoms with Crippen LogP contribution >= 0.6 is 34.7 Å². The summed E-state index contributed by atoms with van der Waals surface area (Å²) in [5.74, 6) is 1.59. The van der Waals surface area contributed by atoms with Crippen molar-refractivity contribution in [3.8, 4) is 17.3 Å². The van der Waals surface area contributed by atoms with Gasteiger partial charge in [0.25, 0.3) is 5.91 Å². The standard InChI is InChI=1S/C21H20ClN5O2S2/c1-12(2)23-20(28)15-10-30-18(24-15)11-31-21-26-25-19(17-5-4-8-29-17)27(21)16-9-14(22)7-6-13(16)3/h4-10,12H,11H2,1-3H3,(H,23,28). The predicted molar refractivity (Wildman–Crippen MR) is 123 cm³/mol. The molecule has 1 N–H and O–H groups in total. The molecular formula is C21H20ClN5O2S2. The monoisotopic (exact) mass is 473 g/mol. The highest BCUT2D eigenvalue weighted by Gasteiger charge is 2.20. The Morgan fingerprint density at radius 3 is 2.90 bits per heavy atom. The number of carbonyl (C=O) groups is 1. The maximum absolute atomic E-state index is 12.2. The van der Waals surface area contributed by atoms with Gasteiger partial charge in [0.2, 0.25) is 5.82 Å². The van der Waals surface area contributed by atoms with Gasteiger partial charge in [-0.2, -0.15) is 0 Å². The summed E-state index contributed by atoms with van der Waals surface area (Å²) in [6.45, 7) is 5.84. The second kappa shape index (κ2) is 9.25. The van der Waals surface area contributed by atoms with Crippen LogP contribution < -0.4 is 5.32 Å². The molecule has 1 amide bonds. The highest BCUT2D eigenvalue weighted by Crippen LogP contribution is 2.32. The molecule has 0 saturated heterocycles. The molecule has 4 aromatic rings. The average molecular weight is 474 g/mol. The SMILES string of the molecule is Cc1ccc(Cl)cc1-n1c(SCc2nc(C(=O)NC(C)C)cs2)nnc1-c1ccco1. The summed E-state index contributed by atoms with van der Waals surface area (Å²) in [5, 5.41) is 15.5. The van der Waals surface area contributed by atoms with Crippen LogP contribution in [0, 0.1) is 6.92 Å². The van der Waals surface area contributed by atoms with Crippen molar-refractivity contribution in [3.05, 3.63) is 63.3 Å². The Hall–Kier alpha value is -2.62. The van der Waals surface area contributed by atoms with Crippen LogP contribution in [0.3, 0.4) is 0 Å². The van der Waals surface area contributed by atoms with Crippen LogP contribution in [0.2, 0.25) is 5.02 Å². The Morgan fingerprint density at radius 2 is 2.16 bits per heavy atom. The van der Waals surface area contributed by atoms with Gasteiger partial charge >= 0.3 is 0 Å². The topological polar surface area (TPSA) is 85.8 Å². The molecule has 0 bridgehead atoms. The maximum Gasteiger partial charge on any atom is 0.270 e. The molecule has 4 rings (SSSR count). The normalized spacial score (nSPS) is 11.3. The Morgan fingerprint density at radius 1 is 1.32 bits per heavy atom. The van der Waals surface area contributed by atoms with Gasteiger partial charge in [0.1, 0.15) is 10.7 Å². The number of nitrogens with zero attached hydrogens (tertiary/aromatic N) is 4. The minimum Gasteiger partial charge on any atom is -0.461 e. The van der Waals surface area contributed by atoms with Crippen LogP contribution in [-0.2, 0) is 5.75 Å². The summed E-state index contributed by atoms with van der Waals surface area (Å²) in [7, 11) is 0. The van der Waals surface area contributed by atoms with Crippen molar-refractivity contribution < 1.29 is 9.21 Å². The maximum atomic E-state index is 12.2. The first kappa shape index (κ1) is 21.6. The molecular weight excluding hydrogens is 454 g/mol. The highest BCUT2D eigenvalue weighted by atomic mass is 35.5. The number of furan rings is 1. The largest absolute Gasteiger partial charge is 0.461 e. The summed E-state index contributed by atoms with van der Waals surface area (Å²) in [5.41, 5.74) is 2.33. The van der Waals surface area contributed by atoms with Gasteiger partial charge in [0.05, 0.1) is 17.7 Å². The van der Waals surface area contributed by atoms with E-state index in [1.54, 1.807) is 11.6 Å². The number of hydrogen-bond acceptors (Lipinski definition) is 7. The van der Waals surface area contributed by atoms with E-state index in [4.69, 9.17) is 16.0 Å². The first-order valence-electron chi connectivity index (χ1n) is 9.56. The first-order chi connectivity index (χ1) is 14.9. The number of thioether (sulfide) groups is 1. The lowest BCUT2D eigenvalue weighted by molar-refractivity contribution is 0.0938. The average Bonchev–Trinajstić information content (AvgIpc) is 3.48. The molecule has 31 heavy (non-hydrogen) atoms. The summed E-state index contributed by atoms with van der Waals surface area (Å²) in [6.07, 6.45) is 1.60. The highest BCUT2D eigenvalue weighted by molar-refractivity contribution is 7.98. The number of hydrogen-bond donors (Lipinski definition) is 1. The van der Waals surface area contributed by atoms with E-state index < -0.39 is 0 Å². The van der Waals surface area contributed by atoms with Crippen molar-refractivity contribution in [2.24, 2.45) is 0 Å². The number of halogens is 1. The number of amides is 1. The van der Waals surface area contributed by atoms with Gasteiger partial charge in [0, 0.05) is 16.4 Å². The molecule has 7 nitrogen and oxygen atoms in total. The molecule has 160 valence electrons. The fourth-order valence-electron chi connectivity index (χ4n) is 2.91. The van der Waals surface area contributed by atoms with E-state index >= 15 is 0 Å². The third-order valence-corrected chi connectivity index (χ3v) is 6.52. The lowest BCUT2D eigenvalue weighted by Gasteiger charge is -2.12. The van der Waals surface area contributed by atoms with Crippen molar-refractivity contribution in [3.63, 3.8) is 0 Å². The van der Waals surface area contributed by atoms with E-state index in [0.717, 1.165) is 16.3 Å². The van der Waals surface area contributed by atoms with E-state index in [1.807, 2.05) is 55.7 Å². The van der Waals surface area contributed by atoms with Gasteiger partial charge in [-0.1, -0.05) is 29.4 Å². The molecule has 0 radical (unpaired) electrons. The number of benzene rings is 1. The zero-order valence-electron chi connectivity index (χ0n) is 17.1. The third kappa shape index (κ3) is 4.84. The fourth-order valence-corrected chi connectivity index (χ4v) is 4.82. The van der Waals surface area contributed by atoms with Crippen LogP contribution in [0.5, 0.6) is 0 Å². The van der Waals surface area contributed by atoms with Crippen LogP contribution in [0.4, 0.5) is 0 Å². The molecule has 0 fully saturated rings. The molecule has 0 aliphatic rings. The smallest absolute Gasteiger partial charge is 0.270 e. The molecule has 0 atom stereocenters. The molecule has 3 aromatic heterocycles. The Kier molecular flexibility index (Phi) is 6.45. The molecule has 0 unspecified atom stereocenters. The minimum atomic E-state index is -0.166. The lowest BCUT2D eigenvalue weighted by atomic mass is 10.2. The Balaban J connectivity index is 1.63. The number of thiazole rings is 1. The zero-order chi connectivity index (χ0) is 22.0. The summed E-state index contributed by atoms with van der Waals surface area (Å²) in [6, 6.07) is 9.41. The van der Waals surface area contributed by atoms with E-state index in [9.17, 15) is 4.79 Å². The quantitative estimate of drug-likeness (QED) is 0.363. The van der Waals surface area contributed by atoms with Crippen molar-refractivity contribution in [1.82, 2.24) is 25.1 Å². The van der Waals surface area contributed by atoms with Crippen LogP contribution in [0.1, 0.15) is 34.9 Å². The summed E-state index contributed by atoms with van der Waals surface area (Å²) >= 11 is 9.21. The Bertz CT molecular complexity index is 1200. The van der Waals surface area contributed by atoms with Crippen LogP contribution in [0.25, 0.3) is 17.3 Å². The Labute approximate surface area is 192 Å². The summed E-state index contributed by atoms with van der Waals surface area (Å²) in [4.78, 5) is 16.6. The van der Waals surface area contributed by atoms with Gasteiger partial charge in [-0.3, -0.25) is 9.36 Å². The fraction of sp³-hybridized carbons (Fsp3) is 0.238. The van der Waals surface area contributed by atoms with Gasteiger partial charge in [-0.25, -0.2) is 4.98 Å². The van der Waals surface area contributed by atoms with Crippen molar-refractivity contribution in [2.45, 2.75) is 37.7 Å². The van der Waals surface area contributed by atoms with E-state index in [1.165, 1.54) is 23.1 Å².